The van der Waals surface area contributed by atoms with Crippen molar-refractivity contribution in [2.24, 2.45) is 4.99 Å². The SMILES string of the molecule is CC1=NC(CCc2ccc(OCCCc3ccc(F)c(F)c3F)c(C(F)(F)F)c2)(COP(=O)(C(C)(C)C)C(C)(C)C)CO1. The average Bonchev–Trinajstić information content (AvgIpc) is 3.27. The van der Waals surface area contributed by atoms with E-state index in [0.29, 0.717) is 11.5 Å². The van der Waals surface area contributed by atoms with Gasteiger partial charge in [0.25, 0.3) is 0 Å². The van der Waals surface area contributed by atoms with Gasteiger partial charge in [0.05, 0.1) is 18.8 Å². The number of alkyl halides is 3. The minimum atomic E-state index is -4.71. The third-order valence-corrected chi connectivity index (χ3v) is 11.4. The zero-order chi connectivity index (χ0) is 32.4. The van der Waals surface area contributed by atoms with E-state index < -0.39 is 58.2 Å². The topological polar surface area (TPSA) is 57.1 Å². The van der Waals surface area contributed by atoms with Crippen molar-refractivity contribution in [2.75, 3.05) is 19.8 Å². The maximum Gasteiger partial charge on any atom is 0.419 e. The molecule has 0 saturated carbocycles. The van der Waals surface area contributed by atoms with Gasteiger partial charge in [0, 0.05) is 17.2 Å². The van der Waals surface area contributed by atoms with E-state index in [1.165, 1.54) is 12.1 Å². The average molecular weight is 636 g/mol. The van der Waals surface area contributed by atoms with Crippen molar-refractivity contribution in [3.05, 3.63) is 64.5 Å². The molecule has 3 rings (SSSR count). The Labute approximate surface area is 249 Å². The fourth-order valence-electron chi connectivity index (χ4n) is 5.18. The van der Waals surface area contributed by atoms with E-state index in [1.54, 1.807) is 6.92 Å². The molecule has 2 aromatic carbocycles. The van der Waals surface area contributed by atoms with E-state index in [2.05, 4.69) is 4.99 Å². The monoisotopic (exact) mass is 635 g/mol. The molecule has 0 aromatic heterocycles. The van der Waals surface area contributed by atoms with Gasteiger partial charge >= 0.3 is 6.18 Å². The van der Waals surface area contributed by atoms with Crippen molar-refractivity contribution < 1.29 is 44.9 Å². The number of aliphatic imine (C=N–C) groups is 1. The van der Waals surface area contributed by atoms with Gasteiger partial charge in [-0.25, -0.2) is 18.2 Å². The summed E-state index contributed by atoms with van der Waals surface area (Å²) in [6, 6.07) is 5.65. The van der Waals surface area contributed by atoms with Crippen LogP contribution in [0, 0.1) is 17.5 Å². The van der Waals surface area contributed by atoms with Crippen LogP contribution in [0.2, 0.25) is 0 Å². The van der Waals surface area contributed by atoms with Crippen molar-refractivity contribution in [3.63, 3.8) is 0 Å². The molecule has 2 aromatic rings. The Morgan fingerprint density at radius 3 is 2.16 bits per heavy atom. The van der Waals surface area contributed by atoms with E-state index in [4.69, 9.17) is 14.0 Å². The highest BCUT2D eigenvalue weighted by atomic mass is 31.2. The summed E-state index contributed by atoms with van der Waals surface area (Å²) in [5.74, 6) is -4.20. The lowest BCUT2D eigenvalue weighted by Gasteiger charge is -2.41. The normalized spacial score (nSPS) is 18.0. The number of benzene rings is 2. The van der Waals surface area contributed by atoms with Gasteiger partial charge in [-0.3, -0.25) is 4.57 Å². The Morgan fingerprint density at radius 1 is 0.953 bits per heavy atom. The van der Waals surface area contributed by atoms with Gasteiger partial charge in [-0.05, 0) is 55.0 Å². The standard InChI is InChI=1S/C31H40F6NO4P/c1-20-38-30(18-41-20,19-42-43(39,28(2,3)4)29(5,6)7)15-14-21-10-13-25(23(17-21)31(35,36)37)40-16-8-9-22-11-12-24(32)27(34)26(22)33/h10-13,17H,8-9,14-16,18-19H2,1-7H3. The van der Waals surface area contributed by atoms with Gasteiger partial charge in [0.1, 0.15) is 17.9 Å². The first-order chi connectivity index (χ1) is 19.7. The lowest BCUT2D eigenvalue weighted by Crippen LogP contribution is -2.38. The number of hydrogen-bond donors (Lipinski definition) is 0. The smallest absolute Gasteiger partial charge is 0.419 e. The molecule has 0 bridgehead atoms. The highest BCUT2D eigenvalue weighted by Crippen LogP contribution is 2.67. The first-order valence-corrected chi connectivity index (χ1v) is 15.7. The van der Waals surface area contributed by atoms with Crippen LogP contribution < -0.4 is 4.74 Å². The van der Waals surface area contributed by atoms with Gasteiger partial charge in [0.15, 0.2) is 23.3 Å². The molecule has 0 spiro atoms. The Hall–Kier alpha value is -2.52. The number of aryl methyl sites for hydroxylation is 2. The fraction of sp³-hybridized carbons (Fsp3) is 0.581. The van der Waals surface area contributed by atoms with Crippen molar-refractivity contribution in [3.8, 4) is 5.75 Å². The zero-order valence-corrected chi connectivity index (χ0v) is 26.5. The van der Waals surface area contributed by atoms with Gasteiger partial charge in [-0.2, -0.15) is 13.2 Å². The number of hydrogen-bond acceptors (Lipinski definition) is 5. The van der Waals surface area contributed by atoms with Crippen molar-refractivity contribution >= 4 is 13.3 Å². The third kappa shape index (κ3) is 8.15. The van der Waals surface area contributed by atoms with Gasteiger partial charge < -0.3 is 14.0 Å². The largest absolute Gasteiger partial charge is 0.493 e. The third-order valence-electron chi connectivity index (χ3n) is 7.42. The summed E-state index contributed by atoms with van der Waals surface area (Å²) >= 11 is 0. The highest BCUT2D eigenvalue weighted by Gasteiger charge is 2.50. The van der Waals surface area contributed by atoms with E-state index >= 15 is 0 Å². The van der Waals surface area contributed by atoms with Crippen LogP contribution in [-0.2, 0) is 32.8 Å². The molecule has 1 unspecified atom stereocenters. The van der Waals surface area contributed by atoms with Gasteiger partial charge in [0.2, 0.25) is 7.37 Å². The molecule has 5 nitrogen and oxygen atoms in total. The summed E-state index contributed by atoms with van der Waals surface area (Å²) < 4.78 is 114. The predicted octanol–water partition coefficient (Wildman–Crippen LogP) is 9.15. The maximum atomic E-state index is 14.0. The number of rotatable bonds is 11. The first-order valence-electron chi connectivity index (χ1n) is 14.1. The highest BCUT2D eigenvalue weighted by molar-refractivity contribution is 7.62. The summed E-state index contributed by atoms with van der Waals surface area (Å²) in [6.45, 7) is 12.8. The van der Waals surface area contributed by atoms with E-state index in [0.717, 1.165) is 18.2 Å². The van der Waals surface area contributed by atoms with E-state index in [1.807, 2.05) is 41.5 Å². The van der Waals surface area contributed by atoms with E-state index in [-0.39, 0.29) is 51.1 Å². The van der Waals surface area contributed by atoms with Crippen LogP contribution in [0.25, 0.3) is 0 Å². The van der Waals surface area contributed by atoms with Crippen molar-refractivity contribution in [2.45, 2.75) is 96.2 Å². The van der Waals surface area contributed by atoms with Crippen LogP contribution in [0.3, 0.4) is 0 Å². The van der Waals surface area contributed by atoms with Gasteiger partial charge in [-0.15, -0.1) is 0 Å². The predicted molar refractivity (Wildman–Crippen MR) is 155 cm³/mol. The number of nitrogens with zero attached hydrogens (tertiary/aromatic N) is 1. The van der Waals surface area contributed by atoms with Crippen LogP contribution in [0.1, 0.15) is 78.0 Å². The quantitative estimate of drug-likeness (QED) is 0.107. The molecule has 0 amide bonds. The second kappa shape index (κ2) is 12.8. The molecule has 0 saturated heterocycles. The number of halogens is 6. The second-order valence-electron chi connectivity index (χ2n) is 12.9. The summed E-state index contributed by atoms with van der Waals surface area (Å²) in [5, 5.41) is -1.29. The summed E-state index contributed by atoms with van der Waals surface area (Å²) in [6.07, 6.45) is -4.19. The molecule has 0 aliphatic carbocycles. The lowest BCUT2D eigenvalue weighted by molar-refractivity contribution is -0.139. The van der Waals surface area contributed by atoms with Crippen molar-refractivity contribution in [1.82, 2.24) is 0 Å². The van der Waals surface area contributed by atoms with Crippen LogP contribution in [-0.4, -0.2) is 41.6 Å². The lowest BCUT2D eigenvalue weighted by atomic mass is 9.93. The minimum absolute atomic E-state index is 0.0119. The molecule has 43 heavy (non-hydrogen) atoms. The molecule has 1 heterocycles. The molecular formula is C31H40F6NO4P. The molecule has 240 valence electrons. The number of ether oxygens (including phenoxy) is 2. The Kier molecular flexibility index (Phi) is 10.4. The molecular weight excluding hydrogens is 595 g/mol. The minimum Gasteiger partial charge on any atom is -0.493 e. The molecule has 12 heteroatoms. The molecule has 0 radical (unpaired) electrons. The molecule has 1 atom stereocenters. The summed E-state index contributed by atoms with van der Waals surface area (Å²) in [7, 11) is -3.22. The first kappa shape index (κ1) is 35.0. The van der Waals surface area contributed by atoms with E-state index in [9.17, 15) is 30.9 Å². The molecule has 1 aliphatic rings. The van der Waals surface area contributed by atoms with Crippen LogP contribution in [0.4, 0.5) is 26.3 Å². The summed E-state index contributed by atoms with van der Waals surface area (Å²) in [5.41, 5.74) is -1.60. The summed E-state index contributed by atoms with van der Waals surface area (Å²) in [4.78, 5) is 4.61. The Balaban J connectivity index is 1.73. The second-order valence-corrected chi connectivity index (χ2v) is 17.0. The van der Waals surface area contributed by atoms with Crippen LogP contribution >= 0.6 is 7.37 Å². The van der Waals surface area contributed by atoms with Gasteiger partial charge in [-0.1, -0.05) is 53.7 Å². The Bertz CT molecular complexity index is 1360. The molecule has 1 aliphatic heterocycles. The molecule has 0 N–H and O–H groups in total. The Morgan fingerprint density at radius 2 is 1.60 bits per heavy atom. The molecule has 0 fully saturated rings. The maximum absolute atomic E-state index is 14.0. The fourth-order valence-corrected chi connectivity index (χ4v) is 8.39. The van der Waals surface area contributed by atoms with Crippen LogP contribution in [0.5, 0.6) is 5.75 Å². The van der Waals surface area contributed by atoms with Crippen molar-refractivity contribution in [1.29, 1.82) is 0 Å². The zero-order valence-electron chi connectivity index (χ0n) is 25.6. The van der Waals surface area contributed by atoms with Crippen LogP contribution in [0.15, 0.2) is 35.3 Å².